The molecule has 3 aromatic heterocycles. The van der Waals surface area contributed by atoms with Gasteiger partial charge in [0, 0.05) is 22.9 Å². The third-order valence-corrected chi connectivity index (χ3v) is 7.96. The molecule has 0 atom stereocenters. The Morgan fingerprint density at radius 1 is 0.791 bits per heavy atom. The van der Waals surface area contributed by atoms with Gasteiger partial charge in [-0.15, -0.1) is 5.10 Å². The highest BCUT2D eigenvalue weighted by atomic mass is 32.1. The van der Waals surface area contributed by atoms with Gasteiger partial charge >= 0.3 is 0 Å². The number of benzene rings is 3. The first kappa shape index (κ1) is 28.4. The summed E-state index contributed by atoms with van der Waals surface area (Å²) < 4.78 is 15.4. The molecule has 0 saturated heterocycles. The topological polar surface area (TPSA) is 83.5 Å². The summed E-state index contributed by atoms with van der Waals surface area (Å²) in [6.07, 6.45) is 8.02. The van der Waals surface area contributed by atoms with Crippen LogP contribution in [0.25, 0.3) is 39.4 Å². The molecule has 6 rings (SSSR count). The van der Waals surface area contributed by atoms with Gasteiger partial charge in [-0.1, -0.05) is 56.2 Å². The summed E-state index contributed by atoms with van der Waals surface area (Å²) in [5.74, 6) is 2.14. The molecule has 0 radical (unpaired) electrons. The molecule has 3 aromatic carbocycles. The van der Waals surface area contributed by atoms with Crippen molar-refractivity contribution < 1.29 is 9.47 Å². The number of nitrogens with zero attached hydrogens (tertiary/aromatic N) is 5. The van der Waals surface area contributed by atoms with Gasteiger partial charge in [0.05, 0.1) is 23.4 Å². The van der Waals surface area contributed by atoms with E-state index < -0.39 is 0 Å². The van der Waals surface area contributed by atoms with Gasteiger partial charge in [-0.2, -0.15) is 14.6 Å². The predicted octanol–water partition coefficient (Wildman–Crippen LogP) is 6.58. The SMILES string of the molecule is CCCCOc1ccc(-c2nc3sc(=Cc4cn(-c5ccccc5)nc4-c4ccc(OCCCC)cc4)c(=O)n3n2)cc1. The van der Waals surface area contributed by atoms with E-state index in [1.165, 1.54) is 15.9 Å². The fraction of sp³-hybridized carbons (Fsp3) is 0.235. The normalized spacial score (nSPS) is 11.8. The largest absolute Gasteiger partial charge is 0.494 e. The highest BCUT2D eigenvalue weighted by Gasteiger charge is 2.15. The van der Waals surface area contributed by atoms with E-state index in [-0.39, 0.29) is 5.56 Å². The molecule has 0 N–H and O–H groups in total. The number of para-hydroxylation sites is 1. The number of fused-ring (bicyclic) bond motifs is 1. The van der Waals surface area contributed by atoms with Crippen LogP contribution in [0.4, 0.5) is 0 Å². The van der Waals surface area contributed by atoms with E-state index in [1.54, 1.807) is 0 Å². The number of thiazole rings is 1. The monoisotopic (exact) mass is 591 g/mol. The maximum atomic E-state index is 13.4. The van der Waals surface area contributed by atoms with Gasteiger partial charge in [0.2, 0.25) is 4.96 Å². The number of unbranched alkanes of at least 4 members (excludes halogenated alkanes) is 2. The van der Waals surface area contributed by atoms with Crippen molar-refractivity contribution in [2.45, 2.75) is 39.5 Å². The molecule has 0 aliphatic rings. The number of rotatable bonds is 12. The number of hydrogen-bond acceptors (Lipinski definition) is 7. The van der Waals surface area contributed by atoms with Gasteiger partial charge in [-0.25, -0.2) is 4.68 Å². The second-order valence-electron chi connectivity index (χ2n) is 10.2. The van der Waals surface area contributed by atoms with Crippen molar-refractivity contribution >= 4 is 22.4 Å². The van der Waals surface area contributed by atoms with E-state index in [1.807, 2.05) is 95.8 Å². The molecule has 0 spiro atoms. The van der Waals surface area contributed by atoms with Crippen molar-refractivity contribution in [1.82, 2.24) is 24.4 Å². The first-order valence-corrected chi connectivity index (χ1v) is 15.5. The molecule has 0 fully saturated rings. The van der Waals surface area contributed by atoms with E-state index in [4.69, 9.17) is 14.6 Å². The lowest BCUT2D eigenvalue weighted by Crippen LogP contribution is -2.23. The number of ether oxygens (including phenoxy) is 2. The maximum absolute atomic E-state index is 13.4. The van der Waals surface area contributed by atoms with Gasteiger partial charge in [-0.05, 0) is 79.6 Å². The minimum absolute atomic E-state index is 0.212. The molecule has 0 aliphatic heterocycles. The van der Waals surface area contributed by atoms with E-state index in [0.29, 0.717) is 28.5 Å². The Labute approximate surface area is 253 Å². The van der Waals surface area contributed by atoms with Gasteiger partial charge in [-0.3, -0.25) is 4.79 Å². The fourth-order valence-corrected chi connectivity index (χ4v) is 5.50. The molecule has 8 nitrogen and oxygen atoms in total. The lowest BCUT2D eigenvalue weighted by atomic mass is 10.1. The van der Waals surface area contributed by atoms with Crippen LogP contribution in [0.2, 0.25) is 0 Å². The van der Waals surface area contributed by atoms with E-state index >= 15 is 0 Å². The number of hydrogen-bond donors (Lipinski definition) is 0. The molecule has 6 aromatic rings. The van der Waals surface area contributed by atoms with Crippen LogP contribution < -0.4 is 19.6 Å². The highest BCUT2D eigenvalue weighted by Crippen LogP contribution is 2.27. The van der Waals surface area contributed by atoms with Crippen LogP contribution in [-0.2, 0) is 0 Å². The van der Waals surface area contributed by atoms with Crippen LogP contribution in [0, 0.1) is 0 Å². The smallest absolute Gasteiger partial charge is 0.291 e. The summed E-state index contributed by atoms with van der Waals surface area (Å²) in [5.41, 5.74) is 4.07. The quantitative estimate of drug-likeness (QED) is 0.150. The van der Waals surface area contributed by atoms with Gasteiger partial charge in [0.15, 0.2) is 5.82 Å². The van der Waals surface area contributed by atoms with E-state index in [2.05, 4.69) is 23.9 Å². The zero-order chi connectivity index (χ0) is 29.6. The van der Waals surface area contributed by atoms with Crippen LogP contribution in [0.5, 0.6) is 11.5 Å². The average Bonchev–Trinajstić information content (AvgIpc) is 3.73. The van der Waals surface area contributed by atoms with Crippen LogP contribution >= 0.6 is 11.3 Å². The van der Waals surface area contributed by atoms with Crippen molar-refractivity contribution in [1.29, 1.82) is 0 Å². The molecule has 218 valence electrons. The Hall–Kier alpha value is -4.76. The second kappa shape index (κ2) is 13.0. The van der Waals surface area contributed by atoms with Crippen LogP contribution in [0.1, 0.15) is 45.1 Å². The predicted molar refractivity (Wildman–Crippen MR) is 171 cm³/mol. The van der Waals surface area contributed by atoms with E-state index in [0.717, 1.165) is 65.3 Å². The van der Waals surface area contributed by atoms with Crippen molar-refractivity contribution in [3.63, 3.8) is 0 Å². The van der Waals surface area contributed by atoms with Crippen molar-refractivity contribution in [3.05, 3.63) is 106 Å². The Kier molecular flexibility index (Phi) is 8.60. The lowest BCUT2D eigenvalue weighted by Gasteiger charge is -2.06. The molecule has 0 unspecified atom stereocenters. The van der Waals surface area contributed by atoms with Crippen molar-refractivity contribution in [2.75, 3.05) is 13.2 Å². The summed E-state index contributed by atoms with van der Waals surface area (Å²) in [6.45, 7) is 5.66. The van der Waals surface area contributed by atoms with Crippen molar-refractivity contribution in [3.8, 4) is 39.8 Å². The molecule has 43 heavy (non-hydrogen) atoms. The van der Waals surface area contributed by atoms with Crippen LogP contribution in [0.3, 0.4) is 0 Å². The van der Waals surface area contributed by atoms with Gasteiger partial charge < -0.3 is 9.47 Å². The average molecular weight is 592 g/mol. The van der Waals surface area contributed by atoms with Gasteiger partial charge in [0.25, 0.3) is 5.56 Å². The molecule has 0 saturated carbocycles. The highest BCUT2D eigenvalue weighted by molar-refractivity contribution is 7.15. The van der Waals surface area contributed by atoms with Crippen LogP contribution in [0.15, 0.2) is 89.9 Å². The summed E-state index contributed by atoms with van der Waals surface area (Å²) in [5, 5.41) is 9.44. The number of aromatic nitrogens is 5. The van der Waals surface area contributed by atoms with Gasteiger partial charge in [0.1, 0.15) is 17.2 Å². The molecule has 3 heterocycles. The molecular formula is C34H33N5O3S. The zero-order valence-electron chi connectivity index (χ0n) is 24.3. The van der Waals surface area contributed by atoms with E-state index in [9.17, 15) is 4.79 Å². The summed E-state index contributed by atoms with van der Waals surface area (Å²) in [7, 11) is 0. The zero-order valence-corrected chi connectivity index (χ0v) is 25.1. The Morgan fingerprint density at radius 3 is 2.02 bits per heavy atom. The molecule has 9 heteroatoms. The molecule has 0 amide bonds. The Bertz CT molecular complexity index is 1910. The minimum atomic E-state index is -0.212. The molecule has 0 aliphatic carbocycles. The first-order chi connectivity index (χ1) is 21.1. The maximum Gasteiger partial charge on any atom is 0.291 e. The second-order valence-corrected chi connectivity index (χ2v) is 11.2. The summed E-state index contributed by atoms with van der Waals surface area (Å²) >= 11 is 1.31. The Morgan fingerprint density at radius 2 is 1.42 bits per heavy atom. The third-order valence-electron chi connectivity index (χ3n) is 7.01. The lowest BCUT2D eigenvalue weighted by molar-refractivity contribution is 0.309. The molecule has 0 bridgehead atoms. The summed E-state index contributed by atoms with van der Waals surface area (Å²) in [4.78, 5) is 18.7. The minimum Gasteiger partial charge on any atom is -0.494 e. The molecular weight excluding hydrogens is 558 g/mol. The Balaban J connectivity index is 1.33. The standard InChI is InChI=1S/C34H33N5O3S/c1-3-5-20-41-28-16-12-24(13-17-28)31-26(23-38(36-31)27-10-8-7-9-11-27)22-30-33(40)39-34(43-30)35-32(37-39)25-14-18-29(19-15-25)42-21-6-4-2/h7-19,22-23H,3-6,20-21H2,1-2H3. The first-order valence-electron chi connectivity index (χ1n) is 14.7. The van der Waals surface area contributed by atoms with Crippen molar-refractivity contribution in [2.24, 2.45) is 0 Å². The summed E-state index contributed by atoms with van der Waals surface area (Å²) in [6, 6.07) is 25.5. The fourth-order valence-electron chi connectivity index (χ4n) is 4.61. The third kappa shape index (κ3) is 6.36. The van der Waals surface area contributed by atoms with Crippen LogP contribution in [-0.4, -0.2) is 37.6 Å².